The van der Waals surface area contributed by atoms with Gasteiger partial charge in [-0.2, -0.15) is 0 Å². The molecule has 3 aliphatic carbocycles. The molecule has 2 aromatic carbocycles. The second-order valence-electron chi connectivity index (χ2n) is 15.5. The number of likely N-dealkylation sites (N-methyl/N-ethyl adjacent to an activating group) is 1. The van der Waals surface area contributed by atoms with Crippen LogP contribution >= 0.6 is 0 Å². The van der Waals surface area contributed by atoms with Gasteiger partial charge in [0.15, 0.2) is 17.6 Å². The lowest BCUT2D eigenvalue weighted by Crippen LogP contribution is -2.74. The summed E-state index contributed by atoms with van der Waals surface area (Å²) in [5, 5.41) is 39.6. The molecule has 1 saturated carbocycles. The summed E-state index contributed by atoms with van der Waals surface area (Å²) in [6.45, 7) is 0.474. The molecule has 8 rings (SSSR count). The van der Waals surface area contributed by atoms with Crippen LogP contribution in [0.25, 0.3) is 10.9 Å². The van der Waals surface area contributed by atoms with Gasteiger partial charge in [-0.05, 0) is 67.5 Å². The minimum absolute atomic E-state index is 0.0760. The molecule has 17 heteroatoms. The molecule has 296 valence electrons. The summed E-state index contributed by atoms with van der Waals surface area (Å²) < 4.78 is 6.66. The van der Waals surface area contributed by atoms with Crippen LogP contribution in [0.4, 0.5) is 5.69 Å². The lowest BCUT2D eigenvalue weighted by atomic mass is 9.49. The molecular weight excluding hydrogens is 724 g/mol. The molecule has 1 aromatic heterocycles. The predicted octanol–water partition coefficient (Wildman–Crippen LogP) is -0.498. The molecule has 2 bridgehead atoms. The average molecular weight is 771 g/mol. The fourth-order valence-corrected chi connectivity index (χ4v) is 9.25. The van der Waals surface area contributed by atoms with Crippen molar-refractivity contribution in [3.05, 3.63) is 52.7 Å². The zero-order valence-corrected chi connectivity index (χ0v) is 31.0. The zero-order chi connectivity index (χ0) is 39.4. The van der Waals surface area contributed by atoms with E-state index >= 15 is 0 Å². The molecular formula is C39H46N8O9. The number of aromatic hydroxyl groups is 1. The van der Waals surface area contributed by atoms with Crippen LogP contribution in [0.5, 0.6) is 11.5 Å². The molecule has 2 fully saturated rings. The number of aromatic nitrogens is 1. The number of likely N-dealkylation sites (tertiary alicyclic amines) is 1. The lowest BCUT2D eigenvalue weighted by Gasteiger charge is -2.62. The first-order chi connectivity index (χ1) is 26.9. The molecule has 1 spiro atoms. The number of piperidine rings is 1. The maximum Gasteiger partial charge on any atom is 0.243 e. The summed E-state index contributed by atoms with van der Waals surface area (Å²) in [5.74, 6) is -1.97. The van der Waals surface area contributed by atoms with Gasteiger partial charge >= 0.3 is 0 Å². The largest absolute Gasteiger partial charge is 0.504 e. The second kappa shape index (κ2) is 14.4. The van der Waals surface area contributed by atoms with Crippen LogP contribution in [0, 0.1) is 5.92 Å². The Morgan fingerprint density at radius 1 is 0.875 bits per heavy atom. The molecule has 9 N–H and O–H groups in total. The number of carbonyl (C=O) groups excluding carboxylic acids is 6. The Morgan fingerprint density at radius 2 is 1.54 bits per heavy atom. The van der Waals surface area contributed by atoms with Crippen molar-refractivity contribution >= 4 is 52.0 Å². The van der Waals surface area contributed by atoms with Crippen molar-refractivity contribution in [1.29, 1.82) is 0 Å². The minimum atomic E-state index is -1.12. The summed E-state index contributed by atoms with van der Waals surface area (Å²) in [5.41, 5.74) is 3.30. The fourth-order valence-electron chi connectivity index (χ4n) is 9.25. The van der Waals surface area contributed by atoms with Crippen LogP contribution in [0.3, 0.4) is 0 Å². The van der Waals surface area contributed by atoms with Gasteiger partial charge in [-0.25, -0.2) is 0 Å². The number of phenols is 1. The van der Waals surface area contributed by atoms with Crippen LogP contribution < -0.4 is 36.6 Å². The summed E-state index contributed by atoms with van der Waals surface area (Å²) in [4.78, 5) is 78.2. The molecule has 3 aromatic rings. The number of amides is 6. The number of aromatic amines is 1. The molecule has 17 nitrogen and oxygen atoms in total. The highest BCUT2D eigenvalue weighted by Crippen LogP contribution is 2.69. The predicted molar refractivity (Wildman–Crippen MR) is 200 cm³/mol. The van der Waals surface area contributed by atoms with Gasteiger partial charge in [-0.3, -0.25) is 33.7 Å². The van der Waals surface area contributed by atoms with E-state index in [-0.39, 0.29) is 44.3 Å². The van der Waals surface area contributed by atoms with Gasteiger partial charge in [0.25, 0.3) is 0 Å². The molecule has 3 heterocycles. The van der Waals surface area contributed by atoms with Crippen molar-refractivity contribution in [2.45, 2.75) is 68.1 Å². The summed E-state index contributed by atoms with van der Waals surface area (Å²) in [6.07, 6.45) is 3.28. The van der Waals surface area contributed by atoms with Gasteiger partial charge in [-0.1, -0.05) is 12.1 Å². The van der Waals surface area contributed by atoms with Crippen molar-refractivity contribution < 1.29 is 43.7 Å². The highest BCUT2D eigenvalue weighted by atomic mass is 16.5. The quantitative estimate of drug-likeness (QED) is 0.102. The fraction of sp³-hybridized carbons (Fsp3) is 0.487. The SMILES string of the molecule is CNC(=O)CNC(=O)CNC(=O)CCC(=O)NCC(=O)NCC(=O)Nc1ccc2c3c([nH]c2c1)[C@@H]1Oc2c(O)ccc4c2[C@@]12CCN(CC1CC1)[C@H](C4)[C@]2(O)C3. The van der Waals surface area contributed by atoms with Crippen molar-refractivity contribution in [2.75, 3.05) is 51.6 Å². The van der Waals surface area contributed by atoms with Crippen LogP contribution in [0.15, 0.2) is 30.3 Å². The number of nitrogens with zero attached hydrogens (tertiary/aromatic N) is 1. The molecule has 56 heavy (non-hydrogen) atoms. The van der Waals surface area contributed by atoms with E-state index in [0.29, 0.717) is 36.6 Å². The second-order valence-corrected chi connectivity index (χ2v) is 15.5. The third-order valence-corrected chi connectivity index (χ3v) is 12.1. The first kappa shape index (κ1) is 37.3. The number of hydrogen-bond acceptors (Lipinski definition) is 10. The van der Waals surface area contributed by atoms with E-state index in [1.165, 1.54) is 19.9 Å². The van der Waals surface area contributed by atoms with Gasteiger partial charge in [0.05, 0.1) is 42.9 Å². The number of anilines is 1. The van der Waals surface area contributed by atoms with E-state index in [2.05, 4.69) is 41.8 Å². The Labute approximate surface area is 321 Å². The normalized spacial score (nSPS) is 23.9. The average Bonchev–Trinajstić information content (AvgIpc) is 3.83. The minimum Gasteiger partial charge on any atom is -0.504 e. The van der Waals surface area contributed by atoms with Crippen molar-refractivity contribution in [2.24, 2.45) is 5.92 Å². The number of hydrogen-bond donors (Lipinski definition) is 9. The summed E-state index contributed by atoms with van der Waals surface area (Å²) >= 11 is 0. The van der Waals surface area contributed by atoms with Crippen molar-refractivity contribution in [1.82, 2.24) is 36.5 Å². The Morgan fingerprint density at radius 3 is 2.21 bits per heavy atom. The standard InChI is InChI=1S/C39H46N8O9/c1-40-30(51)15-43-31(52)16-41-28(49)8-9-29(50)42-17-32(53)44-18-33(54)45-22-5-6-23-24-14-39(55)27-12-21-4-7-26(48)36-34(21)38(39,10-11-47(27)19-20-2-3-20)37(56-36)35(24)46-25(23)13-22/h4-7,13,20,27,37,46,48,55H,2-3,8-12,14-19H2,1H3,(H,40,51)(H,41,49)(H,42,50)(H,43,52)(H,44,53)(H,45,54)/t27-,37+,38+,39-/m1/s1. The molecule has 0 unspecified atom stereocenters. The van der Waals surface area contributed by atoms with E-state index in [0.717, 1.165) is 46.4 Å². The van der Waals surface area contributed by atoms with E-state index in [1.807, 2.05) is 18.2 Å². The molecule has 2 aliphatic heterocycles. The third kappa shape index (κ3) is 6.57. The lowest BCUT2D eigenvalue weighted by molar-refractivity contribution is -0.173. The maximum atomic E-state index is 13.0. The van der Waals surface area contributed by atoms with Crippen molar-refractivity contribution in [3.63, 3.8) is 0 Å². The summed E-state index contributed by atoms with van der Waals surface area (Å²) in [7, 11) is 1.42. The van der Waals surface area contributed by atoms with E-state index in [9.17, 15) is 39.0 Å². The highest BCUT2D eigenvalue weighted by molar-refractivity contribution is 5.98. The topological polar surface area (TPSA) is 243 Å². The number of carbonyl (C=O) groups is 6. The molecule has 6 amide bonds. The number of benzene rings is 2. The van der Waals surface area contributed by atoms with Gasteiger partial charge in [0, 0.05) is 61.1 Å². The number of phenolic OH excluding ortho intramolecular Hbond substituents is 1. The Kier molecular flexibility index (Phi) is 9.60. The number of H-pyrrole nitrogens is 1. The van der Waals surface area contributed by atoms with E-state index in [1.54, 1.807) is 12.1 Å². The van der Waals surface area contributed by atoms with Gasteiger partial charge < -0.3 is 51.8 Å². The zero-order valence-electron chi connectivity index (χ0n) is 31.0. The van der Waals surface area contributed by atoms with Crippen LogP contribution in [-0.2, 0) is 47.0 Å². The number of nitrogens with one attached hydrogen (secondary N) is 7. The molecule has 0 radical (unpaired) electrons. The van der Waals surface area contributed by atoms with Crippen LogP contribution in [-0.4, -0.2) is 113 Å². The highest BCUT2D eigenvalue weighted by Gasteiger charge is 2.72. The molecule has 5 aliphatic rings. The molecule has 4 atom stereocenters. The number of aliphatic hydroxyl groups is 1. The van der Waals surface area contributed by atoms with Crippen LogP contribution in [0.2, 0.25) is 0 Å². The van der Waals surface area contributed by atoms with Gasteiger partial charge in [-0.15, -0.1) is 0 Å². The smallest absolute Gasteiger partial charge is 0.243 e. The van der Waals surface area contributed by atoms with E-state index < -0.39 is 59.1 Å². The number of fused-ring (bicyclic) bond motifs is 4. The molecule has 1 saturated heterocycles. The van der Waals surface area contributed by atoms with Crippen LogP contribution in [0.1, 0.15) is 60.6 Å². The number of rotatable bonds is 14. The van der Waals surface area contributed by atoms with Gasteiger partial charge in [0.2, 0.25) is 35.4 Å². The van der Waals surface area contributed by atoms with Crippen molar-refractivity contribution in [3.8, 4) is 11.5 Å². The summed E-state index contributed by atoms with van der Waals surface area (Å²) in [6, 6.07) is 9.08. The third-order valence-electron chi connectivity index (χ3n) is 12.1. The monoisotopic (exact) mass is 770 g/mol. The Bertz CT molecular complexity index is 2150. The first-order valence-corrected chi connectivity index (χ1v) is 19.1. The Hall–Kier alpha value is -5.68. The van der Waals surface area contributed by atoms with Gasteiger partial charge in [0.1, 0.15) is 0 Å². The van der Waals surface area contributed by atoms with E-state index in [4.69, 9.17) is 4.74 Å². The Balaban J connectivity index is 0.864. The first-order valence-electron chi connectivity index (χ1n) is 19.1. The number of ether oxygens (including phenoxy) is 1. The maximum absolute atomic E-state index is 13.0.